The lowest BCUT2D eigenvalue weighted by atomic mass is 10.6. The number of hydrogen-bond donors (Lipinski definition) is 2. The predicted molar refractivity (Wildman–Crippen MR) is 58.4 cm³/mol. The Morgan fingerprint density at radius 2 is 1.67 bits per heavy atom. The van der Waals surface area contributed by atoms with Gasteiger partial charge in [0.1, 0.15) is 0 Å². The van der Waals surface area contributed by atoms with Crippen LogP contribution in [0, 0.1) is 0 Å². The highest BCUT2D eigenvalue weighted by Gasteiger charge is 2.26. The van der Waals surface area contributed by atoms with Crippen LogP contribution < -0.4 is 9.96 Å². The Kier molecular flexibility index (Phi) is 6.33. The van der Waals surface area contributed by atoms with Crippen LogP contribution in [0.15, 0.2) is 12.3 Å². The lowest BCUT2D eigenvalue weighted by molar-refractivity contribution is 0.835. The van der Waals surface area contributed by atoms with Crippen LogP contribution in [0.5, 0.6) is 0 Å². The van der Waals surface area contributed by atoms with E-state index in [0.29, 0.717) is 0 Å². The van der Waals surface area contributed by atoms with E-state index in [1.807, 2.05) is 0 Å². The molecule has 0 atom stereocenters. The van der Waals surface area contributed by atoms with Crippen molar-refractivity contribution in [1.29, 1.82) is 0 Å². The molecule has 0 saturated heterocycles. The van der Waals surface area contributed by atoms with Crippen LogP contribution in [-0.2, 0) is 0 Å². The van der Waals surface area contributed by atoms with E-state index in [-0.39, 0.29) is 0 Å². The molecule has 0 fully saturated rings. The second-order valence-electron chi connectivity index (χ2n) is 2.99. The van der Waals surface area contributed by atoms with E-state index in [1.54, 1.807) is 0 Å². The molecule has 0 saturated carbocycles. The van der Waals surface area contributed by atoms with Gasteiger partial charge in [0, 0.05) is 0 Å². The Balaban J connectivity index is 4.16. The van der Waals surface area contributed by atoms with E-state index in [2.05, 4.69) is 43.0 Å². The minimum atomic E-state index is -1.51. The van der Waals surface area contributed by atoms with Gasteiger partial charge in [-0.3, -0.25) is 0 Å². The first-order chi connectivity index (χ1) is 5.74. The number of hydrogen-bond acceptors (Lipinski definition) is 2. The van der Waals surface area contributed by atoms with Gasteiger partial charge in [-0.2, -0.15) is 0 Å². The van der Waals surface area contributed by atoms with E-state index in [1.165, 1.54) is 12.5 Å². The maximum Gasteiger partial charge on any atom is 0.226 e. The van der Waals surface area contributed by atoms with Crippen molar-refractivity contribution < 1.29 is 0 Å². The van der Waals surface area contributed by atoms with Crippen molar-refractivity contribution in [1.82, 2.24) is 9.96 Å². The first kappa shape index (κ1) is 11.9. The molecule has 2 nitrogen and oxygen atoms in total. The minimum Gasteiger partial charge on any atom is -0.323 e. The quantitative estimate of drug-likeness (QED) is 0.592. The first-order valence-electron chi connectivity index (χ1n) is 4.88. The van der Waals surface area contributed by atoms with Gasteiger partial charge in [-0.05, 0) is 19.1 Å². The van der Waals surface area contributed by atoms with Gasteiger partial charge in [-0.25, -0.2) is 0 Å². The fraction of sp³-hybridized carbons (Fsp3) is 0.778. The molecule has 0 aliphatic rings. The molecule has 72 valence electrons. The topological polar surface area (TPSA) is 24.1 Å². The summed E-state index contributed by atoms with van der Waals surface area (Å²) in [5.41, 5.74) is 2.11. The van der Waals surface area contributed by atoms with Gasteiger partial charge in [-0.1, -0.05) is 32.9 Å². The van der Waals surface area contributed by atoms with Crippen LogP contribution in [0.3, 0.4) is 0 Å². The van der Waals surface area contributed by atoms with E-state index >= 15 is 0 Å². The third-order valence-corrected chi connectivity index (χ3v) is 5.93. The predicted octanol–water partition coefficient (Wildman–Crippen LogP) is 1.78. The van der Waals surface area contributed by atoms with Crippen molar-refractivity contribution in [3.05, 3.63) is 12.3 Å². The Bertz CT molecular complexity index is 109. The second-order valence-corrected chi connectivity index (χ2v) is 6.54. The summed E-state index contributed by atoms with van der Waals surface area (Å²) < 4.78 is 0. The molecule has 0 aromatic carbocycles. The van der Waals surface area contributed by atoms with Crippen LogP contribution in [0.25, 0.3) is 0 Å². The van der Waals surface area contributed by atoms with Gasteiger partial charge in [-0.15, -0.1) is 6.58 Å². The second kappa shape index (κ2) is 6.40. The average molecular weight is 186 g/mol. The van der Waals surface area contributed by atoms with Crippen LogP contribution in [0.4, 0.5) is 0 Å². The number of rotatable bonds is 7. The largest absolute Gasteiger partial charge is 0.323 e. The molecule has 0 spiro atoms. The molecule has 0 aromatic heterocycles. The maximum absolute atomic E-state index is 3.93. The Hall–Kier alpha value is -0.123. The monoisotopic (exact) mass is 186 g/mol. The zero-order chi connectivity index (χ0) is 9.45. The molecule has 0 aliphatic heterocycles. The molecule has 3 heteroatoms. The molecule has 0 bridgehead atoms. The van der Waals surface area contributed by atoms with Gasteiger partial charge < -0.3 is 9.96 Å². The van der Waals surface area contributed by atoms with Crippen LogP contribution in [-0.4, -0.2) is 21.5 Å². The molecule has 0 unspecified atom stereocenters. The van der Waals surface area contributed by atoms with E-state index in [4.69, 9.17) is 0 Å². The summed E-state index contributed by atoms with van der Waals surface area (Å²) in [6.07, 6.45) is 1.22. The Morgan fingerprint density at radius 3 is 1.92 bits per heavy atom. The van der Waals surface area contributed by atoms with Crippen molar-refractivity contribution in [2.45, 2.75) is 33.2 Å². The Labute approximate surface area is 77.6 Å². The smallest absolute Gasteiger partial charge is 0.226 e. The molecule has 0 rings (SSSR count). The SMILES string of the molecule is C=C[Si](CCC)(NCC)NCC. The van der Waals surface area contributed by atoms with Gasteiger partial charge >= 0.3 is 0 Å². The molecule has 0 radical (unpaired) electrons. The molecule has 0 aliphatic carbocycles. The molecule has 2 N–H and O–H groups in total. The molecule has 0 amide bonds. The Morgan fingerprint density at radius 1 is 1.17 bits per heavy atom. The summed E-state index contributed by atoms with van der Waals surface area (Å²) in [4.78, 5) is 7.11. The van der Waals surface area contributed by atoms with Crippen LogP contribution >= 0.6 is 0 Å². The summed E-state index contributed by atoms with van der Waals surface area (Å²) in [6.45, 7) is 12.5. The van der Waals surface area contributed by atoms with Gasteiger partial charge in [0.15, 0.2) is 0 Å². The zero-order valence-electron chi connectivity index (χ0n) is 8.61. The fourth-order valence-electron chi connectivity index (χ4n) is 1.51. The molecular formula is C9H22N2Si. The third-order valence-electron chi connectivity index (χ3n) is 1.98. The minimum absolute atomic E-state index is 1.03. The molecular weight excluding hydrogens is 164 g/mol. The van der Waals surface area contributed by atoms with Gasteiger partial charge in [0.05, 0.1) is 0 Å². The first-order valence-corrected chi connectivity index (χ1v) is 7.16. The van der Waals surface area contributed by atoms with Crippen molar-refractivity contribution in [3.63, 3.8) is 0 Å². The van der Waals surface area contributed by atoms with Crippen molar-refractivity contribution in [2.75, 3.05) is 13.1 Å². The average Bonchev–Trinajstić information content (AvgIpc) is 2.06. The highest BCUT2D eigenvalue weighted by Crippen LogP contribution is 2.06. The third kappa shape index (κ3) is 3.52. The maximum atomic E-state index is 3.93. The van der Waals surface area contributed by atoms with Gasteiger partial charge in [0.25, 0.3) is 0 Å². The van der Waals surface area contributed by atoms with E-state index in [9.17, 15) is 0 Å². The summed E-state index contributed by atoms with van der Waals surface area (Å²) in [7, 11) is -1.51. The highest BCUT2D eigenvalue weighted by molar-refractivity contribution is 6.79. The van der Waals surface area contributed by atoms with E-state index in [0.717, 1.165) is 13.1 Å². The lowest BCUT2D eigenvalue weighted by Crippen LogP contribution is -2.61. The standard InChI is InChI=1S/C9H22N2Si/c1-5-9-12(8-4,10-6-2)11-7-3/h8,10-11H,4-7,9H2,1-3H3. The summed E-state index contributed by atoms with van der Waals surface area (Å²) in [5.74, 6) is 0. The lowest BCUT2D eigenvalue weighted by Gasteiger charge is -2.28. The summed E-state index contributed by atoms with van der Waals surface area (Å²) in [6, 6.07) is 1.23. The van der Waals surface area contributed by atoms with E-state index < -0.39 is 8.40 Å². The van der Waals surface area contributed by atoms with Gasteiger partial charge in [0.2, 0.25) is 8.40 Å². The van der Waals surface area contributed by atoms with Crippen molar-refractivity contribution >= 4 is 8.40 Å². The summed E-state index contributed by atoms with van der Waals surface area (Å²) in [5, 5.41) is 0. The van der Waals surface area contributed by atoms with Crippen LogP contribution in [0.1, 0.15) is 27.2 Å². The zero-order valence-corrected chi connectivity index (χ0v) is 9.61. The highest BCUT2D eigenvalue weighted by atomic mass is 28.3. The molecule has 0 aromatic rings. The van der Waals surface area contributed by atoms with Crippen molar-refractivity contribution in [2.24, 2.45) is 0 Å². The molecule has 12 heavy (non-hydrogen) atoms. The normalized spacial score (nSPS) is 11.6. The fourth-order valence-corrected chi connectivity index (χ4v) is 4.53. The van der Waals surface area contributed by atoms with Crippen LogP contribution in [0.2, 0.25) is 6.04 Å². The van der Waals surface area contributed by atoms with Crippen molar-refractivity contribution in [3.8, 4) is 0 Å². The summed E-state index contributed by atoms with van der Waals surface area (Å²) >= 11 is 0. The number of nitrogens with one attached hydrogen (secondary N) is 2. The molecule has 0 heterocycles.